The van der Waals surface area contributed by atoms with Crippen LogP contribution in [0.2, 0.25) is 0 Å². The predicted molar refractivity (Wildman–Crippen MR) is 61.4 cm³/mol. The highest BCUT2D eigenvalue weighted by atomic mass is 79.9. The lowest BCUT2D eigenvalue weighted by Crippen LogP contribution is -2.50. The van der Waals surface area contributed by atoms with E-state index in [-0.39, 0.29) is 12.4 Å². The van der Waals surface area contributed by atoms with Crippen molar-refractivity contribution < 1.29 is 4.39 Å². The third-order valence-electron chi connectivity index (χ3n) is 2.59. The van der Waals surface area contributed by atoms with Crippen molar-refractivity contribution in [3.8, 4) is 0 Å². The molecule has 0 saturated heterocycles. The molecule has 0 bridgehead atoms. The van der Waals surface area contributed by atoms with E-state index in [9.17, 15) is 4.39 Å². The summed E-state index contributed by atoms with van der Waals surface area (Å²) in [5.74, 6) is 0. The van der Waals surface area contributed by atoms with Crippen molar-refractivity contribution in [2.45, 2.75) is 24.6 Å². The average Bonchev–Trinajstić information content (AvgIpc) is 2.03. The lowest BCUT2D eigenvalue weighted by molar-refractivity contribution is 0.0985. The molecule has 1 aromatic rings. The van der Waals surface area contributed by atoms with Crippen LogP contribution in [0, 0.1) is 0 Å². The van der Waals surface area contributed by atoms with Gasteiger partial charge in [-0.15, -0.1) is 12.4 Å². The molecule has 0 aliphatic heterocycles. The van der Waals surface area contributed by atoms with Crippen molar-refractivity contribution in [1.29, 1.82) is 0 Å². The minimum Gasteiger partial charge on any atom is -0.321 e. The van der Waals surface area contributed by atoms with Crippen molar-refractivity contribution in [2.24, 2.45) is 5.73 Å². The summed E-state index contributed by atoms with van der Waals surface area (Å²) in [4.78, 5) is 0. The monoisotopic (exact) mass is 279 g/mol. The summed E-state index contributed by atoms with van der Waals surface area (Å²) in [5.41, 5.74) is 6.62. The van der Waals surface area contributed by atoms with E-state index in [0.717, 1.165) is 10.0 Å². The van der Waals surface area contributed by atoms with Crippen LogP contribution in [0.3, 0.4) is 0 Å². The Morgan fingerprint density at radius 2 is 1.79 bits per heavy atom. The van der Waals surface area contributed by atoms with Crippen LogP contribution >= 0.6 is 28.3 Å². The van der Waals surface area contributed by atoms with Gasteiger partial charge in [0.15, 0.2) is 0 Å². The molecule has 0 atom stereocenters. The Labute approximate surface area is 97.4 Å². The Bertz CT molecular complexity index is 308. The summed E-state index contributed by atoms with van der Waals surface area (Å²) in [6, 6.07) is 7.79. The second-order valence-corrected chi connectivity index (χ2v) is 4.58. The van der Waals surface area contributed by atoms with Gasteiger partial charge in [-0.2, -0.15) is 0 Å². The lowest BCUT2D eigenvalue weighted by Gasteiger charge is -2.41. The van der Waals surface area contributed by atoms with Gasteiger partial charge in [-0.3, -0.25) is 0 Å². The first-order valence-electron chi connectivity index (χ1n) is 4.29. The highest BCUT2D eigenvalue weighted by molar-refractivity contribution is 9.10. The van der Waals surface area contributed by atoms with Crippen molar-refractivity contribution in [3.05, 3.63) is 34.3 Å². The van der Waals surface area contributed by atoms with E-state index in [4.69, 9.17) is 5.73 Å². The SMILES string of the molecule is Cl.NC1(c2ccc(Br)cc2)CC(F)C1. The summed E-state index contributed by atoms with van der Waals surface area (Å²) in [6.07, 6.45) is 0.192. The zero-order chi connectivity index (χ0) is 9.47. The van der Waals surface area contributed by atoms with Gasteiger partial charge in [0.25, 0.3) is 0 Å². The molecule has 0 amide bonds. The fourth-order valence-corrected chi connectivity index (χ4v) is 2.01. The maximum absolute atomic E-state index is 12.7. The summed E-state index contributed by atoms with van der Waals surface area (Å²) >= 11 is 3.35. The number of alkyl halides is 1. The van der Waals surface area contributed by atoms with E-state index < -0.39 is 11.7 Å². The Kier molecular flexibility index (Phi) is 3.56. The van der Waals surface area contributed by atoms with Gasteiger partial charge in [0.2, 0.25) is 0 Å². The second kappa shape index (κ2) is 4.17. The maximum Gasteiger partial charge on any atom is 0.104 e. The molecule has 1 fully saturated rings. The molecule has 1 saturated carbocycles. The van der Waals surface area contributed by atoms with E-state index in [2.05, 4.69) is 15.9 Å². The highest BCUT2D eigenvalue weighted by Crippen LogP contribution is 2.40. The van der Waals surface area contributed by atoms with Gasteiger partial charge in [0.1, 0.15) is 6.17 Å². The molecule has 4 heteroatoms. The second-order valence-electron chi connectivity index (χ2n) is 3.67. The third kappa shape index (κ3) is 2.10. The van der Waals surface area contributed by atoms with Gasteiger partial charge in [0.05, 0.1) is 0 Å². The van der Waals surface area contributed by atoms with Crippen LogP contribution in [0.5, 0.6) is 0 Å². The lowest BCUT2D eigenvalue weighted by atomic mass is 9.71. The van der Waals surface area contributed by atoms with Gasteiger partial charge in [-0.1, -0.05) is 28.1 Å². The molecule has 14 heavy (non-hydrogen) atoms. The molecule has 1 aromatic carbocycles. The predicted octanol–water partition coefficient (Wildman–Crippen LogP) is 3.16. The number of hydrogen-bond donors (Lipinski definition) is 1. The van der Waals surface area contributed by atoms with Crippen LogP contribution in [0.1, 0.15) is 18.4 Å². The van der Waals surface area contributed by atoms with E-state index in [0.29, 0.717) is 12.8 Å². The quantitative estimate of drug-likeness (QED) is 0.840. The molecule has 2 N–H and O–H groups in total. The minimum absolute atomic E-state index is 0. The fourth-order valence-electron chi connectivity index (χ4n) is 1.75. The topological polar surface area (TPSA) is 26.0 Å². The van der Waals surface area contributed by atoms with Crippen LogP contribution in [-0.2, 0) is 5.54 Å². The zero-order valence-corrected chi connectivity index (χ0v) is 9.94. The minimum atomic E-state index is -0.714. The van der Waals surface area contributed by atoms with Gasteiger partial charge < -0.3 is 5.73 Å². The fraction of sp³-hybridized carbons (Fsp3) is 0.400. The summed E-state index contributed by atoms with van der Waals surface area (Å²) < 4.78 is 13.7. The van der Waals surface area contributed by atoms with Crippen molar-refractivity contribution in [1.82, 2.24) is 0 Å². The molecule has 0 heterocycles. The number of hydrogen-bond acceptors (Lipinski definition) is 1. The van der Waals surface area contributed by atoms with Crippen LogP contribution in [0.15, 0.2) is 28.7 Å². The first kappa shape index (κ1) is 12.0. The van der Waals surface area contributed by atoms with Gasteiger partial charge in [-0.05, 0) is 17.7 Å². The number of benzene rings is 1. The van der Waals surface area contributed by atoms with Crippen LogP contribution in [-0.4, -0.2) is 6.17 Å². The summed E-state index contributed by atoms with van der Waals surface area (Å²) in [7, 11) is 0. The summed E-state index contributed by atoms with van der Waals surface area (Å²) in [5, 5.41) is 0. The molecule has 1 aliphatic carbocycles. The van der Waals surface area contributed by atoms with Crippen LogP contribution in [0.4, 0.5) is 4.39 Å². The van der Waals surface area contributed by atoms with Crippen molar-refractivity contribution in [3.63, 3.8) is 0 Å². The zero-order valence-electron chi connectivity index (χ0n) is 7.54. The Morgan fingerprint density at radius 3 is 2.21 bits per heavy atom. The van der Waals surface area contributed by atoms with E-state index in [1.165, 1.54) is 0 Å². The van der Waals surface area contributed by atoms with E-state index in [1.54, 1.807) is 0 Å². The smallest absolute Gasteiger partial charge is 0.104 e. The van der Waals surface area contributed by atoms with Crippen molar-refractivity contribution >= 4 is 28.3 Å². The summed E-state index contributed by atoms with van der Waals surface area (Å²) in [6.45, 7) is 0. The van der Waals surface area contributed by atoms with Gasteiger partial charge >= 0.3 is 0 Å². The number of halogens is 3. The molecule has 1 aliphatic rings. The van der Waals surface area contributed by atoms with Crippen LogP contribution < -0.4 is 5.73 Å². The Balaban J connectivity index is 0.000000980. The molecule has 0 aromatic heterocycles. The van der Waals surface area contributed by atoms with Gasteiger partial charge in [-0.25, -0.2) is 4.39 Å². The molecule has 0 unspecified atom stereocenters. The Hall–Kier alpha value is -0.120. The van der Waals surface area contributed by atoms with E-state index >= 15 is 0 Å². The molecular weight excluding hydrogens is 268 g/mol. The molecule has 2 rings (SSSR count). The molecule has 0 radical (unpaired) electrons. The normalized spacial score (nSPS) is 30.4. The van der Waals surface area contributed by atoms with Crippen LogP contribution in [0.25, 0.3) is 0 Å². The largest absolute Gasteiger partial charge is 0.321 e. The standard InChI is InChI=1S/C10H11BrFN.ClH/c11-8-3-1-7(2-4-8)10(13)5-9(12)6-10;/h1-4,9H,5-6,13H2;1H. The molecule has 0 spiro atoms. The third-order valence-corrected chi connectivity index (χ3v) is 3.12. The average molecular weight is 281 g/mol. The number of nitrogens with two attached hydrogens (primary N) is 1. The molecular formula is C10H12BrClFN. The molecule has 78 valence electrons. The number of rotatable bonds is 1. The maximum atomic E-state index is 12.7. The highest BCUT2D eigenvalue weighted by Gasteiger charge is 2.42. The first-order chi connectivity index (χ1) is 6.10. The van der Waals surface area contributed by atoms with Gasteiger partial charge in [0, 0.05) is 22.9 Å². The Morgan fingerprint density at radius 1 is 1.29 bits per heavy atom. The first-order valence-corrected chi connectivity index (χ1v) is 5.08. The van der Waals surface area contributed by atoms with E-state index in [1.807, 2.05) is 24.3 Å². The molecule has 1 nitrogen and oxygen atoms in total. The van der Waals surface area contributed by atoms with Crippen molar-refractivity contribution in [2.75, 3.05) is 0 Å².